The van der Waals surface area contributed by atoms with E-state index in [0.717, 1.165) is 11.3 Å². The van der Waals surface area contributed by atoms with E-state index in [-0.39, 0.29) is 22.3 Å². The Hall–Kier alpha value is -1.27. The van der Waals surface area contributed by atoms with Crippen molar-refractivity contribution in [1.82, 2.24) is 0 Å². The summed E-state index contributed by atoms with van der Waals surface area (Å²) in [7, 11) is 0. The summed E-state index contributed by atoms with van der Waals surface area (Å²) >= 11 is 6.72. The zero-order valence-electron chi connectivity index (χ0n) is 10.2. The molecule has 0 atom stereocenters. The van der Waals surface area contributed by atoms with E-state index in [1.165, 1.54) is 5.38 Å². The molecule has 0 aromatic carbocycles. The molecule has 1 aromatic heterocycles. The second-order valence-electron chi connectivity index (χ2n) is 4.42. The Morgan fingerprint density at radius 2 is 2.06 bits per heavy atom. The summed E-state index contributed by atoms with van der Waals surface area (Å²) in [6.07, 6.45) is 0. The molecule has 0 fully saturated rings. The van der Waals surface area contributed by atoms with Crippen LogP contribution in [0.25, 0.3) is 0 Å². The van der Waals surface area contributed by atoms with E-state index >= 15 is 0 Å². The van der Waals surface area contributed by atoms with Gasteiger partial charge in [-0.25, -0.2) is 9.59 Å². The van der Waals surface area contributed by atoms with Gasteiger partial charge in [0.15, 0.2) is 17.2 Å². The number of rotatable bonds is 4. The van der Waals surface area contributed by atoms with Gasteiger partial charge >= 0.3 is 11.9 Å². The molecule has 0 aliphatic heterocycles. The first kappa shape index (κ1) is 14.8. The van der Waals surface area contributed by atoms with Gasteiger partial charge in [-0.15, -0.1) is 11.3 Å². The van der Waals surface area contributed by atoms with Crippen LogP contribution in [0, 0.1) is 0 Å². The fraction of sp³-hybridized carbons (Fsp3) is 0.455. The molecule has 0 bridgehead atoms. The second-order valence-corrected chi connectivity index (χ2v) is 5.71. The molecular formula is C11H13ClO5S. The summed E-state index contributed by atoms with van der Waals surface area (Å²) in [6, 6.07) is 0. The summed E-state index contributed by atoms with van der Waals surface area (Å²) in [5.74, 6) is -1.73. The summed E-state index contributed by atoms with van der Waals surface area (Å²) < 4.78 is 10.1. The zero-order valence-corrected chi connectivity index (χ0v) is 11.7. The maximum absolute atomic E-state index is 11.4. The van der Waals surface area contributed by atoms with Gasteiger partial charge in [0.1, 0.15) is 5.60 Å². The van der Waals surface area contributed by atoms with Crippen molar-refractivity contribution < 1.29 is 24.2 Å². The minimum absolute atomic E-state index is 0.0000239. The van der Waals surface area contributed by atoms with Crippen molar-refractivity contribution in [1.29, 1.82) is 0 Å². The number of aromatic carboxylic acids is 1. The van der Waals surface area contributed by atoms with E-state index in [4.69, 9.17) is 26.2 Å². The normalized spacial score (nSPS) is 11.1. The van der Waals surface area contributed by atoms with Crippen LogP contribution in [0.2, 0.25) is 5.02 Å². The van der Waals surface area contributed by atoms with Gasteiger partial charge in [0, 0.05) is 5.38 Å². The molecule has 18 heavy (non-hydrogen) atoms. The van der Waals surface area contributed by atoms with Crippen LogP contribution in [0.5, 0.6) is 5.75 Å². The number of carbonyl (C=O) groups is 2. The average molecular weight is 293 g/mol. The first-order valence-corrected chi connectivity index (χ1v) is 6.31. The molecule has 1 aromatic rings. The standard InChI is InChI=1S/C11H13ClO5S/c1-11(2,3)17-7(13)4-16-8-6(12)5-18-9(8)10(14)15/h5H,4H2,1-3H3,(H,14,15). The quantitative estimate of drug-likeness (QED) is 0.864. The monoisotopic (exact) mass is 292 g/mol. The third kappa shape index (κ3) is 4.19. The molecule has 0 saturated carbocycles. The number of carboxylic acid groups (broad SMARTS) is 1. The van der Waals surface area contributed by atoms with Gasteiger partial charge in [0.05, 0.1) is 5.02 Å². The molecule has 7 heteroatoms. The number of esters is 1. The van der Waals surface area contributed by atoms with Crippen molar-refractivity contribution >= 4 is 34.9 Å². The van der Waals surface area contributed by atoms with Gasteiger partial charge in [0.25, 0.3) is 0 Å². The molecule has 0 radical (unpaired) electrons. The number of hydrogen-bond acceptors (Lipinski definition) is 5. The Morgan fingerprint density at radius 1 is 1.44 bits per heavy atom. The molecule has 0 aliphatic carbocycles. The van der Waals surface area contributed by atoms with Crippen LogP contribution in [0.15, 0.2) is 5.38 Å². The van der Waals surface area contributed by atoms with Gasteiger partial charge in [-0.3, -0.25) is 0 Å². The van der Waals surface area contributed by atoms with Crippen LogP contribution >= 0.6 is 22.9 Å². The van der Waals surface area contributed by atoms with Crippen molar-refractivity contribution in [3.8, 4) is 5.75 Å². The third-order valence-electron chi connectivity index (χ3n) is 1.65. The highest BCUT2D eigenvalue weighted by Gasteiger charge is 2.21. The smallest absolute Gasteiger partial charge is 0.349 e. The van der Waals surface area contributed by atoms with Crippen molar-refractivity contribution in [2.75, 3.05) is 6.61 Å². The lowest BCUT2D eigenvalue weighted by Gasteiger charge is -2.19. The minimum Gasteiger partial charge on any atom is -0.479 e. The van der Waals surface area contributed by atoms with Gasteiger partial charge in [-0.2, -0.15) is 0 Å². The molecule has 0 aliphatic rings. The van der Waals surface area contributed by atoms with Crippen LogP contribution < -0.4 is 4.74 Å². The highest BCUT2D eigenvalue weighted by molar-refractivity contribution is 7.13. The zero-order chi connectivity index (χ0) is 13.9. The fourth-order valence-electron chi connectivity index (χ4n) is 1.11. The number of halogens is 1. The predicted octanol–water partition coefficient (Wildman–Crippen LogP) is 2.82. The third-order valence-corrected chi connectivity index (χ3v) is 3.01. The van der Waals surface area contributed by atoms with Crippen LogP contribution in [0.1, 0.15) is 30.4 Å². The van der Waals surface area contributed by atoms with E-state index in [0.29, 0.717) is 0 Å². The summed E-state index contributed by atoms with van der Waals surface area (Å²) in [6.45, 7) is 4.80. The summed E-state index contributed by atoms with van der Waals surface area (Å²) in [4.78, 5) is 22.2. The van der Waals surface area contributed by atoms with Crippen LogP contribution in [-0.4, -0.2) is 29.3 Å². The average Bonchev–Trinajstić information content (AvgIpc) is 2.54. The van der Waals surface area contributed by atoms with Crippen LogP contribution in [0.4, 0.5) is 0 Å². The Kier molecular flexibility index (Phi) is 4.59. The van der Waals surface area contributed by atoms with Gasteiger partial charge in [-0.05, 0) is 20.8 Å². The fourth-order valence-corrected chi connectivity index (χ4v) is 2.15. The van der Waals surface area contributed by atoms with Crippen molar-refractivity contribution in [3.05, 3.63) is 15.3 Å². The van der Waals surface area contributed by atoms with Crippen LogP contribution in [-0.2, 0) is 9.53 Å². The number of carboxylic acids is 1. The molecule has 0 saturated heterocycles. The molecule has 1 heterocycles. The molecule has 1 N–H and O–H groups in total. The summed E-state index contributed by atoms with van der Waals surface area (Å²) in [5.41, 5.74) is -0.617. The number of thiophene rings is 1. The molecule has 100 valence electrons. The predicted molar refractivity (Wildman–Crippen MR) is 67.6 cm³/mol. The van der Waals surface area contributed by atoms with E-state index in [2.05, 4.69) is 0 Å². The maximum Gasteiger partial charge on any atom is 0.349 e. The van der Waals surface area contributed by atoms with Crippen molar-refractivity contribution in [2.45, 2.75) is 26.4 Å². The van der Waals surface area contributed by atoms with E-state index in [1.54, 1.807) is 20.8 Å². The largest absolute Gasteiger partial charge is 0.479 e. The van der Waals surface area contributed by atoms with E-state index in [9.17, 15) is 9.59 Å². The number of hydrogen-bond donors (Lipinski definition) is 1. The topological polar surface area (TPSA) is 72.8 Å². The maximum atomic E-state index is 11.4. The molecule has 1 rings (SSSR count). The first-order valence-electron chi connectivity index (χ1n) is 5.05. The van der Waals surface area contributed by atoms with Crippen molar-refractivity contribution in [3.63, 3.8) is 0 Å². The summed E-state index contributed by atoms with van der Waals surface area (Å²) in [5, 5.41) is 10.5. The minimum atomic E-state index is -1.15. The Balaban J connectivity index is 2.67. The van der Waals surface area contributed by atoms with Crippen molar-refractivity contribution in [2.24, 2.45) is 0 Å². The Bertz CT molecular complexity index is 460. The van der Waals surface area contributed by atoms with Crippen LogP contribution in [0.3, 0.4) is 0 Å². The highest BCUT2D eigenvalue weighted by atomic mass is 35.5. The van der Waals surface area contributed by atoms with E-state index in [1.807, 2.05) is 0 Å². The lowest BCUT2D eigenvalue weighted by Crippen LogP contribution is -2.27. The first-order chi connectivity index (χ1) is 8.20. The Morgan fingerprint density at radius 3 is 2.56 bits per heavy atom. The van der Waals surface area contributed by atoms with Gasteiger partial charge < -0.3 is 14.6 Å². The highest BCUT2D eigenvalue weighted by Crippen LogP contribution is 2.34. The van der Waals surface area contributed by atoms with E-state index < -0.39 is 17.5 Å². The Labute approximate surface area is 113 Å². The molecule has 0 spiro atoms. The second kappa shape index (κ2) is 5.58. The van der Waals surface area contributed by atoms with Gasteiger partial charge in [-0.1, -0.05) is 11.6 Å². The number of carbonyl (C=O) groups excluding carboxylic acids is 1. The molecule has 0 amide bonds. The molecule has 5 nitrogen and oxygen atoms in total. The van der Waals surface area contributed by atoms with Gasteiger partial charge in [0.2, 0.25) is 0 Å². The number of ether oxygens (including phenoxy) is 2. The molecule has 0 unspecified atom stereocenters. The lowest BCUT2D eigenvalue weighted by atomic mass is 10.2. The lowest BCUT2D eigenvalue weighted by molar-refractivity contribution is -0.157. The SMILES string of the molecule is CC(C)(C)OC(=O)COc1c(Cl)csc1C(=O)O. The molecular weight excluding hydrogens is 280 g/mol.